The van der Waals surface area contributed by atoms with Crippen LogP contribution in [0.2, 0.25) is 0 Å². The van der Waals surface area contributed by atoms with Crippen LogP contribution in [0.4, 0.5) is 0 Å². The highest BCUT2D eigenvalue weighted by molar-refractivity contribution is 5.94. The van der Waals surface area contributed by atoms with Crippen LogP contribution in [0.1, 0.15) is 52.6 Å². The molecule has 1 amide bonds. The molecular formula is C26H33N5O. The van der Waals surface area contributed by atoms with Crippen LogP contribution >= 0.6 is 0 Å². The van der Waals surface area contributed by atoms with Crippen molar-refractivity contribution in [1.29, 1.82) is 0 Å². The van der Waals surface area contributed by atoms with Crippen LogP contribution in [0.15, 0.2) is 54.9 Å². The van der Waals surface area contributed by atoms with Crippen molar-refractivity contribution in [3.05, 3.63) is 82.9 Å². The number of amides is 1. The second-order valence-corrected chi connectivity index (χ2v) is 8.65. The Bertz CT molecular complexity index is 1020. The highest BCUT2D eigenvalue weighted by Crippen LogP contribution is 2.26. The normalized spacial score (nSPS) is 15.4. The maximum Gasteiger partial charge on any atom is 0.274 e. The molecule has 1 unspecified atom stereocenters. The zero-order chi connectivity index (χ0) is 22.3. The Morgan fingerprint density at radius 2 is 2.00 bits per heavy atom. The van der Waals surface area contributed by atoms with Gasteiger partial charge < -0.3 is 10.2 Å². The van der Waals surface area contributed by atoms with Crippen LogP contribution in [-0.2, 0) is 32.4 Å². The summed E-state index contributed by atoms with van der Waals surface area (Å²) in [6, 6.07) is 14.6. The molecule has 3 aromatic rings. The second-order valence-electron chi connectivity index (χ2n) is 8.65. The average molecular weight is 432 g/mol. The molecular weight excluding hydrogens is 398 g/mol. The Labute approximate surface area is 190 Å². The number of nitrogens with zero attached hydrogens (tertiary/aromatic N) is 4. The number of pyridine rings is 1. The molecule has 0 fully saturated rings. The predicted molar refractivity (Wildman–Crippen MR) is 127 cm³/mol. The summed E-state index contributed by atoms with van der Waals surface area (Å²) in [6.45, 7) is 4.51. The molecule has 6 heteroatoms. The molecule has 0 bridgehead atoms. The lowest BCUT2D eigenvalue weighted by Gasteiger charge is -2.25. The lowest BCUT2D eigenvalue weighted by Crippen LogP contribution is -2.37. The van der Waals surface area contributed by atoms with Crippen LogP contribution in [-0.4, -0.2) is 45.2 Å². The summed E-state index contributed by atoms with van der Waals surface area (Å²) in [4.78, 5) is 19.3. The largest absolute Gasteiger partial charge is 0.336 e. The van der Waals surface area contributed by atoms with Gasteiger partial charge in [0.2, 0.25) is 0 Å². The standard InChI is InChI=1S/C26H33N5O/c1-3-16-31-24-12-11-22(28-15-13-20-10-7-14-27-18-20)17-23(24)25(29-31)26(32)30(2)19-21-8-5-4-6-9-21/h4-10,14,18,22,28H,3,11-13,15-17,19H2,1-2H3. The van der Waals surface area contributed by atoms with Gasteiger partial charge in [-0.15, -0.1) is 0 Å². The number of nitrogens with one attached hydrogen (secondary N) is 1. The molecule has 168 valence electrons. The molecule has 0 saturated carbocycles. The van der Waals surface area contributed by atoms with Crippen LogP contribution in [0, 0.1) is 0 Å². The monoisotopic (exact) mass is 431 g/mol. The zero-order valence-electron chi connectivity index (χ0n) is 19.1. The van der Waals surface area contributed by atoms with E-state index in [0.29, 0.717) is 18.3 Å². The second kappa shape index (κ2) is 10.6. The van der Waals surface area contributed by atoms with Gasteiger partial charge in [0.15, 0.2) is 5.69 Å². The average Bonchev–Trinajstić information content (AvgIpc) is 3.18. The van der Waals surface area contributed by atoms with E-state index in [0.717, 1.165) is 56.3 Å². The smallest absolute Gasteiger partial charge is 0.274 e. The van der Waals surface area contributed by atoms with Crippen LogP contribution < -0.4 is 5.32 Å². The van der Waals surface area contributed by atoms with E-state index in [4.69, 9.17) is 5.10 Å². The summed E-state index contributed by atoms with van der Waals surface area (Å²) < 4.78 is 2.07. The zero-order valence-corrected chi connectivity index (χ0v) is 19.1. The summed E-state index contributed by atoms with van der Waals surface area (Å²) >= 11 is 0. The van der Waals surface area contributed by atoms with E-state index in [2.05, 4.69) is 40.1 Å². The Balaban J connectivity index is 1.46. The molecule has 4 rings (SSSR count). The molecule has 1 aliphatic carbocycles. The fraction of sp³-hybridized carbons (Fsp3) is 0.423. The minimum Gasteiger partial charge on any atom is -0.336 e. The number of rotatable bonds is 9. The first kappa shape index (κ1) is 22.2. The fourth-order valence-electron chi connectivity index (χ4n) is 4.51. The fourth-order valence-corrected chi connectivity index (χ4v) is 4.51. The maximum absolute atomic E-state index is 13.4. The van der Waals surface area contributed by atoms with Gasteiger partial charge in [-0.3, -0.25) is 14.5 Å². The van der Waals surface area contributed by atoms with Gasteiger partial charge in [0, 0.05) is 49.8 Å². The summed E-state index contributed by atoms with van der Waals surface area (Å²) in [5.41, 5.74) is 5.37. The third kappa shape index (κ3) is 5.25. The number of aromatic nitrogens is 3. The first-order valence-corrected chi connectivity index (χ1v) is 11.7. The van der Waals surface area contributed by atoms with E-state index >= 15 is 0 Å². The minimum atomic E-state index is 0.0102. The van der Waals surface area contributed by atoms with Crippen molar-refractivity contribution in [2.75, 3.05) is 13.6 Å². The van der Waals surface area contributed by atoms with Gasteiger partial charge >= 0.3 is 0 Å². The Kier molecular flexibility index (Phi) is 7.32. The Morgan fingerprint density at radius 1 is 1.19 bits per heavy atom. The van der Waals surface area contributed by atoms with E-state index in [-0.39, 0.29) is 5.91 Å². The molecule has 1 N–H and O–H groups in total. The number of fused-ring (bicyclic) bond motifs is 1. The van der Waals surface area contributed by atoms with E-state index in [1.807, 2.05) is 37.5 Å². The summed E-state index contributed by atoms with van der Waals surface area (Å²) in [7, 11) is 1.87. The van der Waals surface area contributed by atoms with Crippen molar-refractivity contribution in [2.45, 2.75) is 58.2 Å². The molecule has 1 aromatic carbocycles. The Morgan fingerprint density at radius 3 is 2.75 bits per heavy atom. The maximum atomic E-state index is 13.4. The van der Waals surface area contributed by atoms with Crippen molar-refractivity contribution < 1.29 is 4.79 Å². The first-order chi connectivity index (χ1) is 15.7. The van der Waals surface area contributed by atoms with E-state index in [1.165, 1.54) is 11.3 Å². The van der Waals surface area contributed by atoms with Crippen molar-refractivity contribution in [2.24, 2.45) is 0 Å². The van der Waals surface area contributed by atoms with Gasteiger partial charge in [0.1, 0.15) is 0 Å². The predicted octanol–water partition coefficient (Wildman–Crippen LogP) is 3.65. The third-order valence-electron chi connectivity index (χ3n) is 6.16. The van der Waals surface area contributed by atoms with Gasteiger partial charge in [0.05, 0.1) is 0 Å². The Hall–Kier alpha value is -2.99. The van der Waals surface area contributed by atoms with Gasteiger partial charge in [-0.2, -0.15) is 5.10 Å². The van der Waals surface area contributed by atoms with E-state index in [9.17, 15) is 4.79 Å². The third-order valence-corrected chi connectivity index (χ3v) is 6.16. The molecule has 0 aliphatic heterocycles. The molecule has 2 heterocycles. The number of hydrogen-bond donors (Lipinski definition) is 1. The quantitative estimate of drug-likeness (QED) is 0.562. The van der Waals surface area contributed by atoms with Gasteiger partial charge in [-0.25, -0.2) is 0 Å². The van der Waals surface area contributed by atoms with Crippen molar-refractivity contribution in [3.8, 4) is 0 Å². The van der Waals surface area contributed by atoms with Crippen LogP contribution in [0.25, 0.3) is 0 Å². The number of carbonyl (C=O) groups excluding carboxylic acids is 1. The summed E-state index contributed by atoms with van der Waals surface area (Å²) in [5.74, 6) is 0.0102. The van der Waals surface area contributed by atoms with Gasteiger partial charge in [-0.1, -0.05) is 43.3 Å². The lowest BCUT2D eigenvalue weighted by molar-refractivity contribution is 0.0777. The van der Waals surface area contributed by atoms with Crippen molar-refractivity contribution in [3.63, 3.8) is 0 Å². The highest BCUT2D eigenvalue weighted by Gasteiger charge is 2.30. The van der Waals surface area contributed by atoms with E-state index < -0.39 is 0 Å². The van der Waals surface area contributed by atoms with Crippen LogP contribution in [0.3, 0.4) is 0 Å². The molecule has 0 radical (unpaired) electrons. The van der Waals surface area contributed by atoms with Crippen LogP contribution in [0.5, 0.6) is 0 Å². The molecule has 2 aromatic heterocycles. The molecule has 6 nitrogen and oxygen atoms in total. The molecule has 0 spiro atoms. The molecule has 32 heavy (non-hydrogen) atoms. The highest BCUT2D eigenvalue weighted by atomic mass is 16.2. The van der Waals surface area contributed by atoms with Crippen molar-refractivity contribution in [1.82, 2.24) is 25.0 Å². The topological polar surface area (TPSA) is 63.1 Å². The summed E-state index contributed by atoms with van der Waals surface area (Å²) in [6.07, 6.45) is 8.58. The number of carbonyl (C=O) groups is 1. The minimum absolute atomic E-state index is 0.0102. The molecule has 0 saturated heterocycles. The van der Waals surface area contributed by atoms with Gasteiger partial charge in [0.25, 0.3) is 5.91 Å². The molecule has 1 aliphatic rings. The SMILES string of the molecule is CCCn1nc(C(=O)N(C)Cc2ccccc2)c2c1CCC(NCCc1cccnc1)C2. The first-order valence-electron chi connectivity index (χ1n) is 11.7. The lowest BCUT2D eigenvalue weighted by atomic mass is 9.91. The number of benzene rings is 1. The number of hydrogen-bond acceptors (Lipinski definition) is 4. The van der Waals surface area contributed by atoms with E-state index in [1.54, 1.807) is 11.1 Å². The van der Waals surface area contributed by atoms with Crippen molar-refractivity contribution >= 4 is 5.91 Å². The summed E-state index contributed by atoms with van der Waals surface area (Å²) in [5, 5.41) is 8.49. The number of aryl methyl sites for hydroxylation is 1. The molecule has 1 atom stereocenters. The van der Waals surface area contributed by atoms with Gasteiger partial charge in [-0.05, 0) is 55.8 Å².